The van der Waals surface area contributed by atoms with Gasteiger partial charge in [-0.25, -0.2) is 0 Å². The number of benzene rings is 2. The number of ether oxygens (including phenoxy) is 1. The molecule has 2 N–H and O–H groups in total. The van der Waals surface area contributed by atoms with Crippen LogP contribution in [0, 0.1) is 0 Å². The summed E-state index contributed by atoms with van der Waals surface area (Å²) in [5, 5.41) is 5.64. The van der Waals surface area contributed by atoms with Gasteiger partial charge in [-0.2, -0.15) is 0 Å². The molecule has 130 valence electrons. The summed E-state index contributed by atoms with van der Waals surface area (Å²) in [4.78, 5) is 23.8. The van der Waals surface area contributed by atoms with Crippen molar-refractivity contribution in [2.45, 2.75) is 39.2 Å². The number of aryl methyl sites for hydroxylation is 2. The molecule has 1 aliphatic heterocycles. The predicted octanol–water partition coefficient (Wildman–Crippen LogP) is 3.54. The fourth-order valence-corrected chi connectivity index (χ4v) is 2.71. The Hall–Kier alpha value is -2.82. The molecule has 0 bridgehead atoms. The first-order chi connectivity index (χ1) is 12.0. The van der Waals surface area contributed by atoms with E-state index in [-0.39, 0.29) is 11.8 Å². The van der Waals surface area contributed by atoms with Crippen molar-refractivity contribution in [1.82, 2.24) is 0 Å². The molecule has 2 aromatic carbocycles. The van der Waals surface area contributed by atoms with Crippen molar-refractivity contribution >= 4 is 23.2 Å². The smallest absolute Gasteiger partial charge is 0.265 e. The van der Waals surface area contributed by atoms with Gasteiger partial charge in [-0.05, 0) is 49.1 Å². The molecule has 0 saturated heterocycles. The van der Waals surface area contributed by atoms with Gasteiger partial charge in [-0.3, -0.25) is 9.59 Å². The summed E-state index contributed by atoms with van der Waals surface area (Å²) >= 11 is 0. The summed E-state index contributed by atoms with van der Waals surface area (Å²) in [7, 11) is 0. The number of amides is 2. The second kappa shape index (κ2) is 7.38. The lowest BCUT2D eigenvalue weighted by atomic mass is 10.1. The van der Waals surface area contributed by atoms with Crippen molar-refractivity contribution < 1.29 is 14.3 Å². The zero-order valence-corrected chi connectivity index (χ0v) is 14.5. The van der Waals surface area contributed by atoms with Gasteiger partial charge in [0.25, 0.3) is 5.91 Å². The van der Waals surface area contributed by atoms with Gasteiger partial charge in [0.2, 0.25) is 5.91 Å². The Bertz CT molecular complexity index is 784. The third kappa shape index (κ3) is 4.18. The lowest BCUT2D eigenvalue weighted by molar-refractivity contribution is -0.122. The first-order valence-electron chi connectivity index (χ1n) is 8.54. The topological polar surface area (TPSA) is 67.4 Å². The minimum atomic E-state index is -0.507. The maximum atomic E-state index is 12.2. The molecule has 0 aromatic heterocycles. The van der Waals surface area contributed by atoms with Crippen LogP contribution in [0.5, 0.6) is 5.75 Å². The summed E-state index contributed by atoms with van der Waals surface area (Å²) in [5.41, 5.74) is 3.66. The SMILES string of the molecule is CCc1ccc(CCC(=O)Nc2ccc3c(c2)NC(=O)[C@H](C)O3)cc1. The minimum absolute atomic E-state index is 0.0593. The van der Waals surface area contributed by atoms with Gasteiger partial charge in [0.05, 0.1) is 5.69 Å². The first kappa shape index (κ1) is 17.0. The normalized spacial score (nSPS) is 15.8. The Morgan fingerprint density at radius 1 is 1.16 bits per heavy atom. The number of carbonyl (C=O) groups excluding carboxylic acids is 2. The van der Waals surface area contributed by atoms with Gasteiger partial charge >= 0.3 is 0 Å². The molecule has 0 radical (unpaired) electrons. The molecule has 2 amide bonds. The van der Waals surface area contributed by atoms with Crippen molar-refractivity contribution in [1.29, 1.82) is 0 Å². The molecule has 5 heteroatoms. The third-order valence-corrected chi connectivity index (χ3v) is 4.27. The Kier molecular flexibility index (Phi) is 5.03. The second-order valence-electron chi connectivity index (χ2n) is 6.18. The van der Waals surface area contributed by atoms with Gasteiger partial charge in [0.1, 0.15) is 5.75 Å². The summed E-state index contributed by atoms with van der Waals surface area (Å²) in [5.74, 6) is 0.364. The van der Waals surface area contributed by atoms with Crippen LogP contribution in [0.2, 0.25) is 0 Å². The molecular formula is C20H22N2O3. The molecule has 2 aromatic rings. The average Bonchev–Trinajstić information content (AvgIpc) is 2.61. The number of hydrogen-bond donors (Lipinski definition) is 2. The van der Waals surface area contributed by atoms with E-state index in [9.17, 15) is 9.59 Å². The third-order valence-electron chi connectivity index (χ3n) is 4.27. The van der Waals surface area contributed by atoms with Crippen LogP contribution in [0.15, 0.2) is 42.5 Å². The van der Waals surface area contributed by atoms with Crippen molar-refractivity contribution in [3.05, 3.63) is 53.6 Å². The van der Waals surface area contributed by atoms with E-state index in [1.54, 1.807) is 25.1 Å². The van der Waals surface area contributed by atoms with Gasteiger partial charge in [-0.15, -0.1) is 0 Å². The summed E-state index contributed by atoms with van der Waals surface area (Å²) < 4.78 is 5.50. The van der Waals surface area contributed by atoms with Crippen LogP contribution in [0.25, 0.3) is 0 Å². The molecule has 0 aliphatic carbocycles. The summed E-state index contributed by atoms with van der Waals surface area (Å²) in [6.07, 6.45) is 1.60. The maximum absolute atomic E-state index is 12.2. The van der Waals surface area contributed by atoms with Crippen LogP contribution in [0.1, 0.15) is 31.4 Å². The van der Waals surface area contributed by atoms with Gasteiger partial charge < -0.3 is 15.4 Å². The molecule has 0 saturated carbocycles. The molecule has 1 atom stereocenters. The van der Waals surface area contributed by atoms with Gasteiger partial charge in [0, 0.05) is 12.1 Å². The molecule has 3 rings (SSSR count). The Balaban J connectivity index is 1.57. The zero-order chi connectivity index (χ0) is 17.8. The maximum Gasteiger partial charge on any atom is 0.265 e. The molecule has 1 heterocycles. The molecule has 0 spiro atoms. The fraction of sp³-hybridized carbons (Fsp3) is 0.300. The highest BCUT2D eigenvalue weighted by Gasteiger charge is 2.23. The predicted molar refractivity (Wildman–Crippen MR) is 97.9 cm³/mol. The summed E-state index contributed by atoms with van der Waals surface area (Å²) in [6.45, 7) is 3.82. The van der Waals surface area contributed by atoms with E-state index in [1.165, 1.54) is 5.56 Å². The van der Waals surface area contributed by atoms with Gasteiger partial charge in [0.15, 0.2) is 6.10 Å². The number of hydrogen-bond acceptors (Lipinski definition) is 3. The second-order valence-corrected chi connectivity index (χ2v) is 6.18. The zero-order valence-electron chi connectivity index (χ0n) is 14.5. The average molecular weight is 338 g/mol. The van der Waals surface area contributed by atoms with Crippen LogP contribution in [-0.4, -0.2) is 17.9 Å². The van der Waals surface area contributed by atoms with Gasteiger partial charge in [-0.1, -0.05) is 31.2 Å². The van der Waals surface area contributed by atoms with E-state index >= 15 is 0 Å². The van der Waals surface area contributed by atoms with E-state index in [4.69, 9.17) is 4.74 Å². The summed E-state index contributed by atoms with van der Waals surface area (Å²) in [6, 6.07) is 13.6. The molecule has 25 heavy (non-hydrogen) atoms. The molecule has 0 fully saturated rings. The Morgan fingerprint density at radius 3 is 2.60 bits per heavy atom. The molecule has 5 nitrogen and oxygen atoms in total. The Labute approximate surface area is 147 Å². The highest BCUT2D eigenvalue weighted by Crippen LogP contribution is 2.32. The van der Waals surface area contributed by atoms with E-state index in [1.807, 2.05) is 0 Å². The lowest BCUT2D eigenvalue weighted by Gasteiger charge is -2.23. The lowest BCUT2D eigenvalue weighted by Crippen LogP contribution is -2.34. The minimum Gasteiger partial charge on any atom is -0.479 e. The van der Waals surface area contributed by atoms with Crippen molar-refractivity contribution in [3.63, 3.8) is 0 Å². The molecule has 1 aliphatic rings. The highest BCUT2D eigenvalue weighted by molar-refractivity contribution is 5.99. The van der Waals surface area contributed by atoms with Crippen LogP contribution >= 0.6 is 0 Å². The largest absolute Gasteiger partial charge is 0.479 e. The monoisotopic (exact) mass is 338 g/mol. The highest BCUT2D eigenvalue weighted by atomic mass is 16.5. The van der Waals surface area contributed by atoms with E-state index in [2.05, 4.69) is 41.8 Å². The molecule has 0 unspecified atom stereocenters. The Morgan fingerprint density at radius 2 is 1.88 bits per heavy atom. The number of fused-ring (bicyclic) bond motifs is 1. The van der Waals surface area contributed by atoms with Crippen LogP contribution < -0.4 is 15.4 Å². The number of anilines is 2. The number of rotatable bonds is 5. The van der Waals surface area contributed by atoms with Crippen LogP contribution in [0.3, 0.4) is 0 Å². The van der Waals surface area contributed by atoms with E-state index in [0.29, 0.717) is 30.0 Å². The van der Waals surface area contributed by atoms with E-state index in [0.717, 1.165) is 12.0 Å². The fourth-order valence-electron chi connectivity index (χ4n) is 2.71. The van der Waals surface area contributed by atoms with Crippen molar-refractivity contribution in [3.8, 4) is 5.75 Å². The van der Waals surface area contributed by atoms with Crippen molar-refractivity contribution in [2.24, 2.45) is 0 Å². The first-order valence-corrected chi connectivity index (χ1v) is 8.54. The number of carbonyl (C=O) groups is 2. The van der Waals surface area contributed by atoms with Crippen LogP contribution in [-0.2, 0) is 22.4 Å². The van der Waals surface area contributed by atoms with Crippen molar-refractivity contribution in [2.75, 3.05) is 10.6 Å². The van der Waals surface area contributed by atoms with E-state index < -0.39 is 6.10 Å². The molecular weight excluding hydrogens is 316 g/mol. The van der Waals surface area contributed by atoms with Crippen LogP contribution in [0.4, 0.5) is 11.4 Å². The quantitative estimate of drug-likeness (QED) is 0.876. The number of nitrogens with one attached hydrogen (secondary N) is 2. The standard InChI is InChI=1S/C20H22N2O3/c1-3-14-4-6-15(7-5-14)8-11-19(23)21-16-9-10-18-17(12-16)22-20(24)13(2)25-18/h4-7,9-10,12-13H,3,8,11H2,1-2H3,(H,21,23)(H,22,24)/t13-/m0/s1.